The van der Waals surface area contributed by atoms with Crippen LogP contribution >= 0.6 is 0 Å². The number of amides is 1. The van der Waals surface area contributed by atoms with E-state index in [9.17, 15) is 4.79 Å². The van der Waals surface area contributed by atoms with Crippen LogP contribution in [-0.4, -0.2) is 22.8 Å². The number of aryl methyl sites for hydroxylation is 1. The van der Waals surface area contributed by atoms with E-state index in [1.54, 1.807) is 18.6 Å². The molecule has 114 valence electrons. The normalized spacial score (nSPS) is 21.6. The van der Waals surface area contributed by atoms with Crippen LogP contribution in [0, 0.1) is 12.8 Å². The van der Waals surface area contributed by atoms with Gasteiger partial charge in [0.05, 0.1) is 11.4 Å². The molecule has 0 saturated heterocycles. The highest BCUT2D eigenvalue weighted by Gasteiger charge is 2.29. The molecule has 0 fully saturated rings. The average molecular weight is 305 g/mol. The molecule has 6 nitrogen and oxygen atoms in total. The molecule has 6 heteroatoms. The first-order valence-corrected chi connectivity index (χ1v) is 7.36. The van der Waals surface area contributed by atoms with Crippen molar-refractivity contribution < 1.29 is 4.79 Å². The maximum atomic E-state index is 11.9. The van der Waals surface area contributed by atoms with Gasteiger partial charge in [0.2, 0.25) is 0 Å². The fraction of sp³-hybridized carbons (Fsp3) is 0.118. The fourth-order valence-electron chi connectivity index (χ4n) is 2.89. The van der Waals surface area contributed by atoms with Gasteiger partial charge in [-0.15, -0.1) is 0 Å². The molecule has 2 aliphatic heterocycles. The summed E-state index contributed by atoms with van der Waals surface area (Å²) in [5.74, 6) is -0.633. The molecule has 0 spiro atoms. The predicted molar refractivity (Wildman–Crippen MR) is 90.8 cm³/mol. The van der Waals surface area contributed by atoms with Crippen molar-refractivity contribution in [1.29, 1.82) is 0 Å². The summed E-state index contributed by atoms with van der Waals surface area (Å²) >= 11 is 0. The van der Waals surface area contributed by atoms with Gasteiger partial charge in [0.1, 0.15) is 5.92 Å². The molecular weight excluding hydrogens is 290 g/mol. The number of hydrogen-bond donors (Lipinski definition) is 3. The summed E-state index contributed by atoms with van der Waals surface area (Å²) in [6.45, 7) is 2.03. The quantitative estimate of drug-likeness (QED) is 0.794. The predicted octanol–water partition coefficient (Wildman–Crippen LogP) is 2.06. The van der Waals surface area contributed by atoms with E-state index in [-0.39, 0.29) is 5.91 Å². The SMILES string of the molecule is Cc1[nH]c2ccccc2c1C=C1NC=CN=C1C1C=NNC1=O. The zero-order valence-corrected chi connectivity index (χ0v) is 12.5. The van der Waals surface area contributed by atoms with Crippen molar-refractivity contribution in [3.63, 3.8) is 0 Å². The van der Waals surface area contributed by atoms with E-state index >= 15 is 0 Å². The van der Waals surface area contributed by atoms with Gasteiger partial charge in [0.15, 0.2) is 0 Å². The van der Waals surface area contributed by atoms with Crippen molar-refractivity contribution in [2.75, 3.05) is 0 Å². The molecular formula is C17H15N5O. The molecule has 1 aromatic heterocycles. The second-order valence-electron chi connectivity index (χ2n) is 5.47. The third-order valence-corrected chi connectivity index (χ3v) is 4.01. The van der Waals surface area contributed by atoms with Crippen molar-refractivity contribution in [3.8, 4) is 0 Å². The minimum absolute atomic E-state index is 0.164. The molecule has 1 aromatic carbocycles. The van der Waals surface area contributed by atoms with E-state index in [0.29, 0.717) is 5.71 Å². The zero-order valence-electron chi connectivity index (χ0n) is 12.5. The lowest BCUT2D eigenvalue weighted by molar-refractivity contribution is -0.120. The molecule has 0 aliphatic carbocycles. The number of hydrazone groups is 1. The number of para-hydroxylation sites is 1. The van der Waals surface area contributed by atoms with Crippen LogP contribution in [0.4, 0.5) is 0 Å². The van der Waals surface area contributed by atoms with Gasteiger partial charge in [-0.05, 0) is 19.1 Å². The number of nitrogens with zero attached hydrogens (tertiary/aromatic N) is 2. The Bertz CT molecular complexity index is 916. The van der Waals surface area contributed by atoms with E-state index < -0.39 is 5.92 Å². The van der Waals surface area contributed by atoms with Crippen molar-refractivity contribution >= 4 is 34.8 Å². The van der Waals surface area contributed by atoms with E-state index in [1.807, 2.05) is 31.2 Å². The number of H-pyrrole nitrogens is 1. The number of benzene rings is 1. The standard InChI is InChI=1S/C17H15N5O/c1-10-12(11-4-2-3-5-14(11)21-10)8-15-16(19-7-6-18-15)13-9-20-22-17(13)23/h2-9,13,18,21H,1H3,(H,22,23). The molecule has 4 rings (SSSR count). The number of nitrogens with one attached hydrogen (secondary N) is 3. The highest BCUT2D eigenvalue weighted by molar-refractivity contribution is 6.25. The van der Waals surface area contributed by atoms with Crippen LogP contribution in [0.3, 0.4) is 0 Å². The summed E-state index contributed by atoms with van der Waals surface area (Å²) in [4.78, 5) is 19.6. The molecule has 0 bridgehead atoms. The highest BCUT2D eigenvalue weighted by Crippen LogP contribution is 2.25. The second-order valence-corrected chi connectivity index (χ2v) is 5.47. The van der Waals surface area contributed by atoms with Gasteiger partial charge in [-0.25, -0.2) is 5.43 Å². The van der Waals surface area contributed by atoms with Crippen LogP contribution in [0.25, 0.3) is 17.0 Å². The molecule has 0 radical (unpaired) electrons. The third kappa shape index (κ3) is 2.24. The monoisotopic (exact) mass is 305 g/mol. The molecule has 2 aromatic rings. The Labute approximate surface area is 132 Å². The Balaban J connectivity index is 1.81. The third-order valence-electron chi connectivity index (χ3n) is 4.01. The van der Waals surface area contributed by atoms with Gasteiger partial charge in [0, 0.05) is 40.8 Å². The maximum Gasteiger partial charge on any atom is 0.254 e. The number of aromatic nitrogens is 1. The van der Waals surface area contributed by atoms with Gasteiger partial charge >= 0.3 is 0 Å². The Hall–Kier alpha value is -3.15. The Morgan fingerprint density at radius 2 is 2.13 bits per heavy atom. The van der Waals surface area contributed by atoms with Gasteiger partial charge in [-0.1, -0.05) is 18.2 Å². The van der Waals surface area contributed by atoms with Crippen LogP contribution in [0.1, 0.15) is 11.3 Å². The lowest BCUT2D eigenvalue weighted by atomic mass is 9.98. The van der Waals surface area contributed by atoms with Crippen LogP contribution in [0.15, 0.2) is 52.5 Å². The zero-order chi connectivity index (χ0) is 15.8. The Morgan fingerprint density at radius 3 is 2.96 bits per heavy atom. The Kier molecular flexibility index (Phi) is 3.08. The number of carbonyl (C=O) groups excluding carboxylic acids is 1. The number of fused-ring (bicyclic) bond motifs is 1. The molecule has 1 unspecified atom stereocenters. The number of rotatable bonds is 2. The van der Waals surface area contributed by atoms with E-state index in [0.717, 1.165) is 27.9 Å². The van der Waals surface area contributed by atoms with Gasteiger partial charge in [-0.3, -0.25) is 9.79 Å². The van der Waals surface area contributed by atoms with Crippen molar-refractivity contribution in [3.05, 3.63) is 53.6 Å². The molecule has 0 saturated carbocycles. The first-order valence-electron chi connectivity index (χ1n) is 7.36. The van der Waals surface area contributed by atoms with Crippen LogP contribution in [0.2, 0.25) is 0 Å². The molecule has 1 atom stereocenters. The van der Waals surface area contributed by atoms with Crippen molar-refractivity contribution in [2.45, 2.75) is 6.92 Å². The smallest absolute Gasteiger partial charge is 0.254 e. The summed E-state index contributed by atoms with van der Waals surface area (Å²) in [5.41, 5.74) is 7.15. The van der Waals surface area contributed by atoms with Crippen LogP contribution in [0.5, 0.6) is 0 Å². The number of aromatic amines is 1. The summed E-state index contributed by atoms with van der Waals surface area (Å²) < 4.78 is 0. The van der Waals surface area contributed by atoms with E-state index in [2.05, 4.69) is 31.9 Å². The van der Waals surface area contributed by atoms with E-state index in [1.165, 1.54) is 0 Å². The largest absolute Gasteiger partial charge is 0.359 e. The molecule has 1 amide bonds. The van der Waals surface area contributed by atoms with Gasteiger partial charge in [-0.2, -0.15) is 5.10 Å². The van der Waals surface area contributed by atoms with Crippen molar-refractivity contribution in [2.24, 2.45) is 16.0 Å². The fourth-order valence-corrected chi connectivity index (χ4v) is 2.89. The summed E-state index contributed by atoms with van der Waals surface area (Å²) in [6, 6.07) is 8.13. The molecule has 2 aliphatic rings. The van der Waals surface area contributed by atoms with Crippen LogP contribution < -0.4 is 10.7 Å². The van der Waals surface area contributed by atoms with E-state index in [4.69, 9.17) is 0 Å². The summed E-state index contributed by atoms with van der Waals surface area (Å²) in [7, 11) is 0. The maximum absolute atomic E-state index is 11.9. The lowest BCUT2D eigenvalue weighted by Gasteiger charge is -2.16. The topological polar surface area (TPSA) is 81.6 Å². The number of carbonyl (C=O) groups is 1. The molecule has 3 N–H and O–H groups in total. The van der Waals surface area contributed by atoms with Crippen LogP contribution in [-0.2, 0) is 4.79 Å². The highest BCUT2D eigenvalue weighted by atomic mass is 16.2. The van der Waals surface area contributed by atoms with Gasteiger partial charge < -0.3 is 10.3 Å². The second kappa shape index (κ2) is 5.24. The first kappa shape index (κ1) is 13.5. The number of allylic oxidation sites excluding steroid dienone is 1. The Morgan fingerprint density at radius 1 is 1.26 bits per heavy atom. The average Bonchev–Trinajstić information content (AvgIpc) is 3.12. The van der Waals surface area contributed by atoms with Gasteiger partial charge in [0.25, 0.3) is 5.91 Å². The van der Waals surface area contributed by atoms with Crippen molar-refractivity contribution in [1.82, 2.24) is 15.7 Å². The number of hydrogen-bond acceptors (Lipinski definition) is 4. The number of aliphatic imine (C=N–C) groups is 1. The first-order chi connectivity index (χ1) is 11.2. The minimum atomic E-state index is -0.468. The molecule has 23 heavy (non-hydrogen) atoms. The molecule has 3 heterocycles. The lowest BCUT2D eigenvalue weighted by Crippen LogP contribution is -2.32. The summed E-state index contributed by atoms with van der Waals surface area (Å²) in [5, 5.41) is 8.16. The minimum Gasteiger partial charge on any atom is -0.359 e. The summed E-state index contributed by atoms with van der Waals surface area (Å²) in [6.07, 6.45) is 7.01.